The van der Waals surface area contributed by atoms with Crippen LogP contribution in [-0.2, 0) is 0 Å². The fourth-order valence-corrected chi connectivity index (χ4v) is 3.12. The van der Waals surface area contributed by atoms with Crippen molar-refractivity contribution in [3.63, 3.8) is 0 Å². The first-order valence-corrected chi connectivity index (χ1v) is 8.34. The van der Waals surface area contributed by atoms with Crippen LogP contribution in [0.25, 0.3) is 0 Å². The molecule has 2 nitrogen and oxygen atoms in total. The molecular weight excluding hydrogens is 327 g/mol. The van der Waals surface area contributed by atoms with Gasteiger partial charge >= 0.3 is 0 Å². The average Bonchev–Trinajstić information content (AvgIpc) is 2.54. The number of ether oxygens (including phenoxy) is 2. The highest BCUT2D eigenvalue weighted by molar-refractivity contribution is 7.98. The molecule has 0 aliphatic heterocycles. The molecule has 0 aliphatic rings. The van der Waals surface area contributed by atoms with E-state index in [-0.39, 0.29) is 5.38 Å². The van der Waals surface area contributed by atoms with Crippen LogP contribution in [0.1, 0.15) is 16.5 Å². The van der Waals surface area contributed by atoms with Gasteiger partial charge in [0.2, 0.25) is 0 Å². The fraction of sp³-hybridized carbons (Fsp3) is 0.250. The van der Waals surface area contributed by atoms with Crippen molar-refractivity contribution in [2.45, 2.75) is 10.3 Å². The molecule has 0 bridgehead atoms. The molecule has 21 heavy (non-hydrogen) atoms. The Labute approximate surface area is 139 Å². The van der Waals surface area contributed by atoms with Crippen molar-refractivity contribution in [2.75, 3.05) is 20.5 Å². The van der Waals surface area contributed by atoms with Crippen LogP contribution < -0.4 is 9.47 Å². The molecular formula is C16H16Cl2O2S. The van der Waals surface area contributed by atoms with Gasteiger partial charge in [0.25, 0.3) is 0 Å². The highest BCUT2D eigenvalue weighted by Gasteiger charge is 2.20. The van der Waals surface area contributed by atoms with E-state index in [4.69, 9.17) is 32.7 Å². The van der Waals surface area contributed by atoms with Crippen molar-refractivity contribution in [3.05, 3.63) is 52.5 Å². The first kappa shape index (κ1) is 16.3. The van der Waals surface area contributed by atoms with Gasteiger partial charge in [-0.3, -0.25) is 0 Å². The van der Waals surface area contributed by atoms with E-state index in [9.17, 15) is 0 Å². The zero-order chi connectivity index (χ0) is 15.4. The maximum Gasteiger partial charge on any atom is 0.146 e. The van der Waals surface area contributed by atoms with Crippen LogP contribution in [0, 0.1) is 0 Å². The van der Waals surface area contributed by atoms with Gasteiger partial charge in [-0.2, -0.15) is 0 Å². The van der Waals surface area contributed by atoms with Gasteiger partial charge in [-0.05, 0) is 36.1 Å². The molecule has 0 N–H and O–H groups in total. The normalized spacial score (nSPS) is 12.0. The van der Waals surface area contributed by atoms with E-state index >= 15 is 0 Å². The number of methoxy groups -OCH3 is 2. The number of benzene rings is 2. The molecule has 112 valence electrons. The van der Waals surface area contributed by atoms with Gasteiger partial charge in [-0.1, -0.05) is 23.7 Å². The Morgan fingerprint density at radius 2 is 1.67 bits per heavy atom. The Kier molecular flexibility index (Phi) is 5.68. The van der Waals surface area contributed by atoms with Crippen molar-refractivity contribution in [3.8, 4) is 11.5 Å². The third kappa shape index (κ3) is 3.42. The summed E-state index contributed by atoms with van der Waals surface area (Å²) in [7, 11) is 3.14. The van der Waals surface area contributed by atoms with Crippen LogP contribution in [-0.4, -0.2) is 20.5 Å². The Balaban J connectivity index is 2.42. The van der Waals surface area contributed by atoms with Crippen molar-refractivity contribution in [1.82, 2.24) is 0 Å². The van der Waals surface area contributed by atoms with Gasteiger partial charge in [0.05, 0.1) is 19.6 Å². The second-order valence-corrected chi connectivity index (χ2v) is 6.03. The molecule has 0 aliphatic carbocycles. The zero-order valence-corrected chi connectivity index (χ0v) is 14.4. The SMILES string of the molecule is COc1ccc(C(Cl)c2ccc(SC)cc2)c(OC)c1Cl. The van der Waals surface area contributed by atoms with Crippen LogP contribution in [0.15, 0.2) is 41.3 Å². The molecule has 0 fully saturated rings. The van der Waals surface area contributed by atoms with Crippen LogP contribution in [0.4, 0.5) is 0 Å². The fourth-order valence-electron chi connectivity index (χ4n) is 2.07. The van der Waals surface area contributed by atoms with E-state index in [1.54, 1.807) is 32.0 Å². The van der Waals surface area contributed by atoms with Gasteiger partial charge in [-0.25, -0.2) is 0 Å². The highest BCUT2D eigenvalue weighted by Crippen LogP contribution is 2.43. The molecule has 0 saturated carbocycles. The summed E-state index contributed by atoms with van der Waals surface area (Å²) < 4.78 is 10.6. The van der Waals surface area contributed by atoms with Crippen LogP contribution >= 0.6 is 35.0 Å². The van der Waals surface area contributed by atoms with Crippen LogP contribution in [0.2, 0.25) is 5.02 Å². The van der Waals surface area contributed by atoms with Gasteiger partial charge < -0.3 is 9.47 Å². The molecule has 0 amide bonds. The van der Waals surface area contributed by atoms with Crippen molar-refractivity contribution >= 4 is 35.0 Å². The summed E-state index contributed by atoms with van der Waals surface area (Å²) in [6.45, 7) is 0. The summed E-state index contributed by atoms with van der Waals surface area (Å²) >= 11 is 14.6. The standard InChI is InChI=1S/C16H16Cl2O2S/c1-19-13-9-8-12(16(20-2)15(13)18)14(17)10-4-6-11(21-3)7-5-10/h4-9,14H,1-3H3. The number of alkyl halides is 1. The lowest BCUT2D eigenvalue weighted by molar-refractivity contribution is 0.392. The number of rotatable bonds is 5. The van der Waals surface area contributed by atoms with Gasteiger partial charge in [0.15, 0.2) is 0 Å². The van der Waals surface area contributed by atoms with E-state index in [2.05, 4.69) is 0 Å². The molecule has 2 aromatic carbocycles. The molecule has 0 radical (unpaired) electrons. The first-order chi connectivity index (χ1) is 10.1. The Morgan fingerprint density at radius 1 is 1.00 bits per heavy atom. The predicted molar refractivity (Wildman–Crippen MR) is 90.5 cm³/mol. The molecule has 0 heterocycles. The summed E-state index contributed by atoms with van der Waals surface area (Å²) in [4.78, 5) is 1.20. The molecule has 0 aromatic heterocycles. The lowest BCUT2D eigenvalue weighted by atomic mass is 10.0. The minimum absolute atomic E-state index is 0.334. The Bertz CT molecular complexity index is 614. The van der Waals surface area contributed by atoms with Crippen LogP contribution in [0.3, 0.4) is 0 Å². The third-order valence-electron chi connectivity index (χ3n) is 3.20. The third-order valence-corrected chi connectivity index (χ3v) is 4.79. The number of hydrogen-bond acceptors (Lipinski definition) is 3. The highest BCUT2D eigenvalue weighted by atomic mass is 35.5. The van der Waals surface area contributed by atoms with Crippen molar-refractivity contribution < 1.29 is 9.47 Å². The minimum Gasteiger partial charge on any atom is -0.495 e. The van der Waals surface area contributed by atoms with E-state index in [1.165, 1.54) is 4.90 Å². The quantitative estimate of drug-likeness (QED) is 0.534. The summed E-state index contributed by atoms with van der Waals surface area (Å²) in [5, 5.41) is 0.100. The number of thioether (sulfide) groups is 1. The van der Waals surface area contributed by atoms with Crippen LogP contribution in [0.5, 0.6) is 11.5 Å². The Hall–Kier alpha value is -1.03. The summed E-state index contributed by atoms with van der Waals surface area (Å²) in [6.07, 6.45) is 2.04. The second-order valence-electron chi connectivity index (χ2n) is 4.34. The molecule has 2 aromatic rings. The smallest absolute Gasteiger partial charge is 0.146 e. The zero-order valence-electron chi connectivity index (χ0n) is 12.0. The lowest BCUT2D eigenvalue weighted by Gasteiger charge is -2.17. The molecule has 0 spiro atoms. The molecule has 1 unspecified atom stereocenters. The molecule has 5 heteroatoms. The van der Waals surface area contributed by atoms with Gasteiger partial charge in [-0.15, -0.1) is 23.4 Å². The molecule has 0 saturated heterocycles. The summed E-state index contributed by atoms with van der Waals surface area (Å²) in [5.74, 6) is 1.11. The van der Waals surface area contributed by atoms with Gasteiger partial charge in [0, 0.05) is 10.5 Å². The largest absolute Gasteiger partial charge is 0.495 e. The van der Waals surface area contributed by atoms with Crippen molar-refractivity contribution in [2.24, 2.45) is 0 Å². The lowest BCUT2D eigenvalue weighted by Crippen LogP contribution is -1.99. The van der Waals surface area contributed by atoms with E-state index in [0.29, 0.717) is 16.5 Å². The topological polar surface area (TPSA) is 18.5 Å². The number of hydrogen-bond donors (Lipinski definition) is 0. The van der Waals surface area contributed by atoms with E-state index < -0.39 is 0 Å². The van der Waals surface area contributed by atoms with Gasteiger partial charge in [0.1, 0.15) is 16.5 Å². The Morgan fingerprint density at radius 3 is 2.19 bits per heavy atom. The maximum absolute atomic E-state index is 6.59. The summed E-state index contributed by atoms with van der Waals surface area (Å²) in [5.41, 5.74) is 1.82. The minimum atomic E-state index is -0.334. The van der Waals surface area contributed by atoms with E-state index in [0.717, 1.165) is 11.1 Å². The van der Waals surface area contributed by atoms with Crippen molar-refractivity contribution in [1.29, 1.82) is 0 Å². The van der Waals surface area contributed by atoms with E-state index in [1.807, 2.05) is 36.6 Å². The number of halogens is 2. The monoisotopic (exact) mass is 342 g/mol. The average molecular weight is 343 g/mol. The first-order valence-electron chi connectivity index (χ1n) is 6.30. The molecule has 2 rings (SSSR count). The molecule has 1 atom stereocenters. The maximum atomic E-state index is 6.59. The second kappa shape index (κ2) is 7.30. The summed E-state index contributed by atoms with van der Waals surface area (Å²) in [6, 6.07) is 11.8. The predicted octanol–water partition coefficient (Wildman–Crippen LogP) is 5.41.